The number of fused-ring (bicyclic) bond motifs is 1. The Kier molecular flexibility index (Phi) is 5.81. The quantitative estimate of drug-likeness (QED) is 0.856. The molecule has 2 aliphatic heterocycles. The van der Waals surface area contributed by atoms with Crippen molar-refractivity contribution in [3.05, 3.63) is 59.7 Å². The predicted octanol–water partition coefficient (Wildman–Crippen LogP) is 3.86. The normalized spacial score (nSPS) is 20.4. The zero-order valence-corrected chi connectivity index (χ0v) is 16.4. The lowest BCUT2D eigenvalue weighted by Crippen LogP contribution is -2.38. The molecule has 5 nitrogen and oxygen atoms in total. The van der Waals surface area contributed by atoms with E-state index in [2.05, 4.69) is 22.3 Å². The molecule has 28 heavy (non-hydrogen) atoms. The molecule has 1 amide bonds. The van der Waals surface area contributed by atoms with Crippen LogP contribution in [0.3, 0.4) is 0 Å². The summed E-state index contributed by atoms with van der Waals surface area (Å²) < 4.78 is 11.6. The first kappa shape index (κ1) is 18.8. The number of carbonyl (C=O) groups is 1. The Morgan fingerprint density at radius 1 is 1.11 bits per heavy atom. The highest BCUT2D eigenvalue weighted by Crippen LogP contribution is 2.37. The fourth-order valence-corrected chi connectivity index (χ4v) is 4.08. The Hall–Kier alpha value is -2.53. The van der Waals surface area contributed by atoms with E-state index in [9.17, 15) is 4.79 Å². The van der Waals surface area contributed by atoms with Gasteiger partial charge in [-0.25, -0.2) is 0 Å². The second-order valence-corrected chi connectivity index (χ2v) is 7.59. The van der Waals surface area contributed by atoms with E-state index in [0.29, 0.717) is 19.8 Å². The second kappa shape index (κ2) is 8.65. The Morgan fingerprint density at radius 3 is 2.71 bits per heavy atom. The third-order valence-electron chi connectivity index (χ3n) is 5.54. The van der Waals surface area contributed by atoms with Gasteiger partial charge in [0, 0.05) is 12.5 Å². The summed E-state index contributed by atoms with van der Waals surface area (Å²) in [5.74, 6) is 1.71. The first-order valence-electron chi connectivity index (χ1n) is 10.2. The van der Waals surface area contributed by atoms with E-state index < -0.39 is 0 Å². The molecule has 0 aliphatic carbocycles. The van der Waals surface area contributed by atoms with Gasteiger partial charge in [0.2, 0.25) is 5.91 Å². The molecule has 2 aliphatic rings. The molecule has 0 spiro atoms. The summed E-state index contributed by atoms with van der Waals surface area (Å²) in [6, 6.07) is 16.5. The van der Waals surface area contributed by atoms with Crippen LogP contribution >= 0.6 is 0 Å². The van der Waals surface area contributed by atoms with E-state index in [-0.39, 0.29) is 18.0 Å². The molecule has 2 aromatic carbocycles. The van der Waals surface area contributed by atoms with Gasteiger partial charge in [-0.3, -0.25) is 9.69 Å². The first-order valence-corrected chi connectivity index (χ1v) is 10.2. The van der Waals surface area contributed by atoms with E-state index in [1.54, 1.807) is 0 Å². The number of amides is 1. The standard InChI is InChI=1S/C23H28N2O3/c1-17(18-7-3-2-4-8-18)24-23(26)16-25-12-5-9-20(25)19-10-11-21-22(15-19)28-14-6-13-27-21/h2-4,7-8,10-11,15,17,20H,5-6,9,12-14,16H2,1H3,(H,24,26). The topological polar surface area (TPSA) is 50.8 Å². The van der Waals surface area contributed by atoms with Gasteiger partial charge in [0.15, 0.2) is 11.5 Å². The van der Waals surface area contributed by atoms with Crippen molar-refractivity contribution in [3.63, 3.8) is 0 Å². The van der Waals surface area contributed by atoms with Gasteiger partial charge < -0.3 is 14.8 Å². The van der Waals surface area contributed by atoms with Gasteiger partial charge in [0.1, 0.15) is 0 Å². The molecule has 4 rings (SSSR count). The third kappa shape index (κ3) is 4.30. The maximum Gasteiger partial charge on any atom is 0.234 e. The molecule has 0 bridgehead atoms. The minimum atomic E-state index is 0.00722. The molecule has 2 unspecified atom stereocenters. The SMILES string of the molecule is CC(NC(=O)CN1CCCC1c1ccc2c(c1)OCCCO2)c1ccccc1. The van der Waals surface area contributed by atoms with Crippen molar-refractivity contribution in [2.45, 2.75) is 38.3 Å². The van der Waals surface area contributed by atoms with E-state index in [1.807, 2.05) is 43.3 Å². The number of hydrogen-bond donors (Lipinski definition) is 1. The summed E-state index contributed by atoms with van der Waals surface area (Å²) >= 11 is 0. The van der Waals surface area contributed by atoms with Crippen LogP contribution in [-0.4, -0.2) is 37.1 Å². The van der Waals surface area contributed by atoms with Crippen LogP contribution in [0.2, 0.25) is 0 Å². The summed E-state index contributed by atoms with van der Waals surface area (Å²) in [6.07, 6.45) is 3.06. The second-order valence-electron chi connectivity index (χ2n) is 7.59. The molecule has 2 atom stereocenters. The lowest BCUT2D eigenvalue weighted by Gasteiger charge is -2.25. The zero-order valence-electron chi connectivity index (χ0n) is 16.4. The molecule has 2 aromatic rings. The molecule has 0 radical (unpaired) electrons. The molecule has 1 fully saturated rings. The van der Waals surface area contributed by atoms with Crippen LogP contribution in [-0.2, 0) is 4.79 Å². The monoisotopic (exact) mass is 380 g/mol. The first-order chi connectivity index (χ1) is 13.7. The lowest BCUT2D eigenvalue weighted by atomic mass is 10.0. The van der Waals surface area contributed by atoms with Crippen molar-refractivity contribution >= 4 is 5.91 Å². The third-order valence-corrected chi connectivity index (χ3v) is 5.54. The Bertz CT molecular complexity index is 809. The van der Waals surface area contributed by atoms with Gasteiger partial charge in [0.25, 0.3) is 0 Å². The van der Waals surface area contributed by atoms with Gasteiger partial charge in [-0.15, -0.1) is 0 Å². The molecule has 2 heterocycles. The predicted molar refractivity (Wildman–Crippen MR) is 109 cm³/mol. The van der Waals surface area contributed by atoms with Gasteiger partial charge in [-0.1, -0.05) is 36.4 Å². The Morgan fingerprint density at radius 2 is 1.89 bits per heavy atom. The number of ether oxygens (including phenoxy) is 2. The molecule has 1 saturated heterocycles. The van der Waals surface area contributed by atoms with Gasteiger partial charge >= 0.3 is 0 Å². The van der Waals surface area contributed by atoms with Crippen LogP contribution in [0.15, 0.2) is 48.5 Å². The Balaban J connectivity index is 1.41. The molecule has 1 N–H and O–H groups in total. The van der Waals surface area contributed by atoms with Crippen molar-refractivity contribution in [2.75, 3.05) is 26.3 Å². The minimum absolute atomic E-state index is 0.00722. The molecule has 148 valence electrons. The van der Waals surface area contributed by atoms with E-state index in [4.69, 9.17) is 9.47 Å². The van der Waals surface area contributed by atoms with Crippen LogP contribution in [0.4, 0.5) is 0 Å². The fraction of sp³-hybridized carbons (Fsp3) is 0.435. The molecule has 0 saturated carbocycles. The smallest absolute Gasteiger partial charge is 0.234 e. The van der Waals surface area contributed by atoms with Crippen LogP contribution in [0.5, 0.6) is 11.5 Å². The maximum atomic E-state index is 12.6. The fourth-order valence-electron chi connectivity index (χ4n) is 4.08. The largest absolute Gasteiger partial charge is 0.490 e. The molecular formula is C23H28N2O3. The number of rotatable bonds is 5. The highest BCUT2D eigenvalue weighted by atomic mass is 16.5. The van der Waals surface area contributed by atoms with Crippen molar-refractivity contribution in [1.29, 1.82) is 0 Å². The van der Waals surface area contributed by atoms with Crippen molar-refractivity contribution in [2.24, 2.45) is 0 Å². The summed E-state index contributed by atoms with van der Waals surface area (Å²) in [7, 11) is 0. The number of nitrogens with zero attached hydrogens (tertiary/aromatic N) is 1. The van der Waals surface area contributed by atoms with E-state index in [1.165, 1.54) is 5.56 Å². The summed E-state index contributed by atoms with van der Waals surface area (Å²) in [6.45, 7) is 4.76. The van der Waals surface area contributed by atoms with E-state index in [0.717, 1.165) is 42.9 Å². The van der Waals surface area contributed by atoms with Crippen LogP contribution in [0.25, 0.3) is 0 Å². The maximum absolute atomic E-state index is 12.6. The number of benzene rings is 2. The summed E-state index contributed by atoms with van der Waals surface area (Å²) in [4.78, 5) is 14.9. The molecule has 5 heteroatoms. The van der Waals surface area contributed by atoms with Gasteiger partial charge in [0.05, 0.1) is 25.8 Å². The summed E-state index contributed by atoms with van der Waals surface area (Å²) in [5, 5.41) is 3.13. The highest BCUT2D eigenvalue weighted by Gasteiger charge is 2.29. The zero-order chi connectivity index (χ0) is 19.3. The molecule has 0 aromatic heterocycles. The number of nitrogens with one attached hydrogen (secondary N) is 1. The van der Waals surface area contributed by atoms with Crippen LogP contribution < -0.4 is 14.8 Å². The van der Waals surface area contributed by atoms with Crippen LogP contribution in [0, 0.1) is 0 Å². The van der Waals surface area contributed by atoms with Crippen molar-refractivity contribution in [1.82, 2.24) is 10.2 Å². The summed E-state index contributed by atoms with van der Waals surface area (Å²) in [5.41, 5.74) is 2.32. The van der Waals surface area contributed by atoms with Crippen molar-refractivity contribution < 1.29 is 14.3 Å². The van der Waals surface area contributed by atoms with Crippen molar-refractivity contribution in [3.8, 4) is 11.5 Å². The average Bonchev–Trinajstić information content (AvgIpc) is 3.03. The van der Waals surface area contributed by atoms with Gasteiger partial charge in [-0.2, -0.15) is 0 Å². The van der Waals surface area contributed by atoms with Crippen LogP contribution in [0.1, 0.15) is 49.4 Å². The number of likely N-dealkylation sites (tertiary alicyclic amines) is 1. The minimum Gasteiger partial charge on any atom is -0.490 e. The lowest BCUT2D eigenvalue weighted by molar-refractivity contribution is -0.123. The Labute approximate surface area is 166 Å². The van der Waals surface area contributed by atoms with Gasteiger partial charge in [-0.05, 0) is 49.6 Å². The number of hydrogen-bond acceptors (Lipinski definition) is 4. The molecular weight excluding hydrogens is 352 g/mol. The highest BCUT2D eigenvalue weighted by molar-refractivity contribution is 5.78. The average molecular weight is 380 g/mol. The van der Waals surface area contributed by atoms with E-state index >= 15 is 0 Å². The number of carbonyl (C=O) groups excluding carboxylic acids is 1.